The van der Waals surface area contributed by atoms with Crippen molar-refractivity contribution < 1.29 is 9.32 Å². The van der Waals surface area contributed by atoms with Crippen LogP contribution in [0.5, 0.6) is 0 Å². The number of carbonyl (C=O) groups excluding carboxylic acids is 1. The quantitative estimate of drug-likeness (QED) is 0.158. The molecule has 1 atom stereocenters. The number of fused-ring (bicyclic) bond motifs is 4. The Morgan fingerprint density at radius 2 is 0.789 bits per heavy atom. The molecule has 0 radical (unpaired) electrons. The van der Waals surface area contributed by atoms with Gasteiger partial charge in [0.25, 0.3) is 0 Å². The number of aryl methyl sites for hydroxylation is 2. The molecule has 4 heteroatoms. The number of benzene rings is 8. The van der Waals surface area contributed by atoms with Crippen molar-refractivity contribution in [1.82, 2.24) is 0 Å². The molecule has 57 heavy (non-hydrogen) atoms. The van der Waals surface area contributed by atoms with Crippen LogP contribution in [-0.2, 0) is 10.1 Å². The van der Waals surface area contributed by atoms with Crippen molar-refractivity contribution in [2.45, 2.75) is 19.4 Å². The third-order valence-electron chi connectivity index (χ3n) is 12.3. The predicted octanol–water partition coefficient (Wildman–Crippen LogP) is 9.69. The first kappa shape index (κ1) is 35.5. The molecule has 0 amide bonds. The monoisotopic (exact) mass is 772 g/mol. The van der Waals surface area contributed by atoms with Gasteiger partial charge in [-0.3, -0.25) is 0 Å². The van der Waals surface area contributed by atoms with Gasteiger partial charge in [-0.2, -0.15) is 0 Å². The van der Waals surface area contributed by atoms with Gasteiger partial charge in [0.15, 0.2) is 0 Å². The molecule has 1 heterocycles. The van der Waals surface area contributed by atoms with Gasteiger partial charge in [0.2, 0.25) is 0 Å². The van der Waals surface area contributed by atoms with Crippen molar-refractivity contribution in [1.29, 1.82) is 0 Å². The average Bonchev–Trinajstić information content (AvgIpc) is 3.28. The normalized spacial score (nSPS) is 18.4. The first-order valence-corrected chi connectivity index (χ1v) is 23.5. The van der Waals surface area contributed by atoms with Crippen molar-refractivity contribution in [3.63, 3.8) is 0 Å². The van der Waals surface area contributed by atoms with E-state index in [0.717, 1.165) is 38.2 Å². The van der Waals surface area contributed by atoms with Crippen molar-refractivity contribution in [2.75, 3.05) is 0 Å². The second kappa shape index (κ2) is 13.4. The zero-order valence-corrected chi connectivity index (χ0v) is 33.8. The molecule has 0 aromatic heterocycles. The van der Waals surface area contributed by atoms with E-state index in [1.165, 1.54) is 20.9 Å². The first-order valence-electron chi connectivity index (χ1n) is 19.6. The van der Waals surface area contributed by atoms with E-state index in [2.05, 4.69) is 220 Å². The van der Waals surface area contributed by atoms with E-state index in [1.54, 1.807) is 0 Å². The molecule has 0 N–H and O–H groups in total. The summed E-state index contributed by atoms with van der Waals surface area (Å²) in [5.74, 6) is 0.0340. The molecular formula is C53H42O2P2. The van der Waals surface area contributed by atoms with E-state index in [1.807, 2.05) is 12.1 Å². The molecule has 0 saturated carbocycles. The Balaban J connectivity index is 1.63. The Morgan fingerprint density at radius 3 is 1.23 bits per heavy atom. The van der Waals surface area contributed by atoms with E-state index in [-0.39, 0.29) is 5.78 Å². The van der Waals surface area contributed by atoms with Crippen molar-refractivity contribution in [3.05, 3.63) is 252 Å². The summed E-state index contributed by atoms with van der Waals surface area (Å²) in [6, 6.07) is 79.1. The van der Waals surface area contributed by atoms with Crippen LogP contribution in [-0.4, -0.2) is 10.8 Å². The van der Waals surface area contributed by atoms with Gasteiger partial charge in [-0.25, -0.2) is 0 Å². The van der Waals surface area contributed by atoms with Gasteiger partial charge in [0, 0.05) is 0 Å². The summed E-state index contributed by atoms with van der Waals surface area (Å²) in [5, 5.41) is 8.41. The topological polar surface area (TPSA) is 26.3 Å². The fourth-order valence-corrected chi connectivity index (χ4v) is 24.6. The summed E-state index contributed by atoms with van der Waals surface area (Å²) in [6.07, 6.45) is 0. The minimum absolute atomic E-state index is 0.0340. The third-order valence-corrected chi connectivity index (χ3v) is 24.2. The number of hydrogen-bond acceptors (Lipinski definition) is 2. The molecule has 8 aromatic carbocycles. The van der Waals surface area contributed by atoms with Gasteiger partial charge in [0.05, 0.1) is 0 Å². The molecule has 1 aliphatic carbocycles. The van der Waals surface area contributed by atoms with E-state index in [0.29, 0.717) is 11.1 Å². The molecule has 8 aromatic rings. The molecule has 0 bridgehead atoms. The van der Waals surface area contributed by atoms with Crippen LogP contribution in [0, 0.1) is 13.8 Å². The Hall–Kier alpha value is -5.88. The molecule has 2 nitrogen and oxygen atoms in total. The summed E-state index contributed by atoms with van der Waals surface area (Å²) in [4.78, 5) is 15.0. The van der Waals surface area contributed by atoms with Crippen molar-refractivity contribution in [2.24, 2.45) is 0 Å². The molecule has 1 fully saturated rings. The molecule has 2 aliphatic rings. The van der Waals surface area contributed by atoms with Crippen molar-refractivity contribution in [3.8, 4) is 0 Å². The van der Waals surface area contributed by atoms with Crippen LogP contribution in [0.3, 0.4) is 0 Å². The van der Waals surface area contributed by atoms with Crippen LogP contribution in [0.1, 0.15) is 38.2 Å². The summed E-state index contributed by atoms with van der Waals surface area (Å²) < 4.78 is 8.75. The Morgan fingerprint density at radius 1 is 0.421 bits per heavy atom. The third kappa shape index (κ3) is 4.64. The molecule has 1 saturated heterocycles. The fraction of sp³-hybridized carbons (Fsp3) is 0.0566. The fourth-order valence-electron chi connectivity index (χ4n) is 9.93. The minimum atomic E-state index is -4.29. The Bertz CT molecular complexity index is 2650. The van der Waals surface area contributed by atoms with Crippen LogP contribution in [0.15, 0.2) is 218 Å². The van der Waals surface area contributed by atoms with Gasteiger partial charge in [-0.05, 0) is 0 Å². The van der Waals surface area contributed by atoms with Gasteiger partial charge in [-0.15, -0.1) is 0 Å². The second-order valence-corrected chi connectivity index (χ2v) is 23.1. The summed E-state index contributed by atoms with van der Waals surface area (Å²) in [7, 11) is 0. The van der Waals surface area contributed by atoms with E-state index >= 15 is 0 Å². The molecule has 1 aliphatic heterocycles. The SMILES string of the molecule is Cc1cc2c(cc1C)C1(OP(c3ccccc3)(c3ccccc3)(c3ccccc3)C1=P(c1ccccc1)(c1ccccc1)c1ccccc1)c1ccccc1C2=O. The maximum atomic E-state index is 15.0. The van der Waals surface area contributed by atoms with Crippen LogP contribution < -0.4 is 31.8 Å². The standard InChI is InChI=1S/C53H42O2P2/c1-39-37-48-50(38-40(39)2)53(49-36-22-21-35-47(49)51(48)54)52(56(41-23-9-3-10-24-41,42-25-11-4-12-26-42)43-27-13-5-14-28-43)57(55-53,44-29-15-6-16-30-44,45-31-17-7-18-32-45)46-33-19-8-20-34-46/h3-38H,1-2H3. The van der Waals surface area contributed by atoms with E-state index < -0.39 is 19.3 Å². The zero-order valence-electron chi connectivity index (χ0n) is 32.0. The van der Waals surface area contributed by atoms with E-state index in [4.69, 9.17) is 4.52 Å². The molecule has 1 spiro atoms. The van der Waals surface area contributed by atoms with Gasteiger partial charge in [-0.1, -0.05) is 0 Å². The van der Waals surface area contributed by atoms with E-state index in [9.17, 15) is 4.79 Å². The van der Waals surface area contributed by atoms with Crippen LogP contribution in [0.25, 0.3) is 0 Å². The molecule has 1 unspecified atom stereocenters. The Labute approximate surface area is 335 Å². The molecule has 276 valence electrons. The summed E-state index contributed by atoms with van der Waals surface area (Å²) in [6.45, 7) is -3.02. The zero-order chi connectivity index (χ0) is 38.7. The summed E-state index contributed by atoms with van der Waals surface area (Å²) in [5.41, 5.74) is 4.26. The molecule has 10 rings (SSSR count). The van der Waals surface area contributed by atoms with Crippen LogP contribution >= 0.6 is 13.7 Å². The predicted molar refractivity (Wildman–Crippen MR) is 243 cm³/mol. The maximum absolute atomic E-state index is 15.0. The summed E-state index contributed by atoms with van der Waals surface area (Å²) >= 11 is 0. The van der Waals surface area contributed by atoms with Crippen LogP contribution in [0.2, 0.25) is 0 Å². The van der Waals surface area contributed by atoms with Crippen LogP contribution in [0.4, 0.5) is 0 Å². The van der Waals surface area contributed by atoms with Gasteiger partial charge in [0.1, 0.15) is 0 Å². The number of ketones is 1. The second-order valence-electron chi connectivity index (χ2n) is 15.2. The Kier molecular flexibility index (Phi) is 8.33. The van der Waals surface area contributed by atoms with Gasteiger partial charge < -0.3 is 0 Å². The molecular weight excluding hydrogens is 731 g/mol. The average molecular weight is 773 g/mol. The van der Waals surface area contributed by atoms with Gasteiger partial charge >= 0.3 is 337 Å². The number of hydrogen-bond donors (Lipinski definition) is 0. The van der Waals surface area contributed by atoms with Crippen molar-refractivity contribution >= 4 is 56.4 Å². The first-order chi connectivity index (χ1) is 28.0. The number of carbonyl (C=O) groups is 1. The number of rotatable bonds is 6.